The van der Waals surface area contributed by atoms with Crippen LogP contribution in [0, 0.1) is 0 Å². The second kappa shape index (κ2) is 7.81. The normalized spacial score (nSPS) is 10.4. The lowest BCUT2D eigenvalue weighted by molar-refractivity contribution is 0.400. The molecule has 0 bridgehead atoms. The highest BCUT2D eigenvalue weighted by Crippen LogP contribution is 2.17. The Labute approximate surface area is 152 Å². The maximum absolute atomic E-state index is 5.94. The molecule has 5 nitrogen and oxygen atoms in total. The summed E-state index contributed by atoms with van der Waals surface area (Å²) in [6, 6.07) is 18.0. The summed E-state index contributed by atoms with van der Waals surface area (Å²) in [5.41, 5.74) is 9.16. The summed E-state index contributed by atoms with van der Waals surface area (Å²) in [6.07, 6.45) is 3.68. The van der Waals surface area contributed by atoms with Gasteiger partial charge < -0.3 is 15.4 Å². The van der Waals surface area contributed by atoms with Crippen LogP contribution in [0.5, 0.6) is 5.75 Å². The molecule has 6 heteroatoms. The van der Waals surface area contributed by atoms with E-state index >= 15 is 0 Å². The third-order valence-electron chi connectivity index (χ3n) is 3.87. The maximum Gasteiger partial charge on any atom is 0.166 e. The quantitative estimate of drug-likeness (QED) is 0.691. The number of methoxy groups -OCH3 is 1. The average Bonchev–Trinajstić information content (AvgIpc) is 3.16. The predicted molar refractivity (Wildman–Crippen MR) is 103 cm³/mol. The fourth-order valence-corrected chi connectivity index (χ4v) is 2.77. The fourth-order valence-electron chi connectivity index (χ4n) is 2.64. The Hall–Kier alpha value is -2.86. The fraction of sp³-hybridized carbons (Fsp3) is 0.158. The molecule has 25 heavy (non-hydrogen) atoms. The third-order valence-corrected chi connectivity index (χ3v) is 4.13. The van der Waals surface area contributed by atoms with E-state index in [0.29, 0.717) is 18.2 Å². The van der Waals surface area contributed by atoms with Crippen molar-refractivity contribution in [3.63, 3.8) is 0 Å². The van der Waals surface area contributed by atoms with Crippen molar-refractivity contribution < 1.29 is 4.74 Å². The minimum absolute atomic E-state index is 0.368. The molecular formula is C19H20N4OS. The zero-order valence-electron chi connectivity index (χ0n) is 14.0. The van der Waals surface area contributed by atoms with Gasteiger partial charge in [-0.25, -0.2) is 4.68 Å². The van der Waals surface area contributed by atoms with Crippen molar-refractivity contribution in [2.24, 2.45) is 5.73 Å². The first-order valence-corrected chi connectivity index (χ1v) is 8.33. The highest BCUT2D eigenvalue weighted by molar-refractivity contribution is 7.80. The maximum atomic E-state index is 5.94. The first-order valence-electron chi connectivity index (χ1n) is 7.92. The molecule has 3 rings (SSSR count). The molecule has 0 amide bonds. The van der Waals surface area contributed by atoms with E-state index in [4.69, 9.17) is 22.7 Å². The number of thiocarbonyl (C=S) groups is 1. The largest absolute Gasteiger partial charge is 0.497 e. The van der Waals surface area contributed by atoms with Gasteiger partial charge in [-0.2, -0.15) is 5.10 Å². The van der Waals surface area contributed by atoms with Crippen molar-refractivity contribution in [2.75, 3.05) is 7.11 Å². The minimum Gasteiger partial charge on any atom is -0.497 e. The Kier molecular flexibility index (Phi) is 5.30. The Morgan fingerprint density at radius 3 is 2.48 bits per heavy atom. The number of nitrogens with two attached hydrogens (primary N) is 1. The van der Waals surface area contributed by atoms with Gasteiger partial charge in [0.25, 0.3) is 0 Å². The van der Waals surface area contributed by atoms with Gasteiger partial charge in [-0.05, 0) is 53.7 Å². The summed E-state index contributed by atoms with van der Waals surface area (Å²) >= 11 is 5.24. The van der Waals surface area contributed by atoms with Gasteiger partial charge in [0.15, 0.2) is 5.11 Å². The van der Waals surface area contributed by atoms with Gasteiger partial charge in [0.05, 0.1) is 12.8 Å². The topological polar surface area (TPSA) is 56.3 Å². The van der Waals surface area contributed by atoms with Crippen LogP contribution in [0.25, 0.3) is 5.69 Å². The predicted octanol–water partition coefficient (Wildman–Crippen LogP) is 3.13. The van der Waals surface area contributed by atoms with Crippen molar-refractivity contribution in [3.8, 4) is 11.4 Å². The number of benzene rings is 2. The van der Waals surface area contributed by atoms with Crippen LogP contribution in [-0.2, 0) is 13.1 Å². The molecule has 128 valence electrons. The van der Waals surface area contributed by atoms with Crippen LogP contribution < -0.4 is 10.5 Å². The van der Waals surface area contributed by atoms with Crippen LogP contribution >= 0.6 is 12.2 Å². The van der Waals surface area contributed by atoms with Crippen LogP contribution in [0.4, 0.5) is 0 Å². The summed E-state index contributed by atoms with van der Waals surface area (Å²) in [6.45, 7) is 1.25. The van der Waals surface area contributed by atoms with Crippen LogP contribution in [-0.4, -0.2) is 26.9 Å². The number of aromatic nitrogens is 2. The summed E-state index contributed by atoms with van der Waals surface area (Å²) < 4.78 is 7.11. The summed E-state index contributed by atoms with van der Waals surface area (Å²) in [5, 5.41) is 4.64. The Balaban J connectivity index is 1.78. The van der Waals surface area contributed by atoms with E-state index in [2.05, 4.69) is 17.2 Å². The van der Waals surface area contributed by atoms with Crippen LogP contribution in [0.15, 0.2) is 67.0 Å². The van der Waals surface area contributed by atoms with Gasteiger partial charge in [0, 0.05) is 25.5 Å². The highest BCUT2D eigenvalue weighted by Gasteiger charge is 2.10. The molecular weight excluding hydrogens is 332 g/mol. The third kappa shape index (κ3) is 4.36. The molecule has 2 N–H and O–H groups in total. The molecule has 0 atom stereocenters. The van der Waals surface area contributed by atoms with E-state index in [-0.39, 0.29) is 0 Å². The highest BCUT2D eigenvalue weighted by atomic mass is 32.1. The lowest BCUT2D eigenvalue weighted by Crippen LogP contribution is -2.34. The summed E-state index contributed by atoms with van der Waals surface area (Å²) in [5.74, 6) is 0.820. The standard InChI is InChI=1S/C19H20N4OS/c1-24-18-8-3-6-16(12-18)14-22(19(20)25)13-15-5-2-7-17(11-15)23-10-4-9-21-23/h2-12H,13-14H2,1H3,(H2,20,25). The van der Waals surface area contributed by atoms with Gasteiger partial charge in [-0.15, -0.1) is 0 Å². The Bertz CT molecular complexity index is 848. The monoisotopic (exact) mass is 352 g/mol. The molecule has 0 saturated heterocycles. The molecule has 2 aromatic carbocycles. The lowest BCUT2D eigenvalue weighted by atomic mass is 10.1. The Morgan fingerprint density at radius 1 is 1.12 bits per heavy atom. The molecule has 0 aliphatic heterocycles. The van der Waals surface area contributed by atoms with Crippen LogP contribution in [0.3, 0.4) is 0 Å². The second-order valence-electron chi connectivity index (χ2n) is 5.67. The van der Waals surface area contributed by atoms with E-state index in [1.807, 2.05) is 58.2 Å². The van der Waals surface area contributed by atoms with Crippen molar-refractivity contribution >= 4 is 17.3 Å². The lowest BCUT2D eigenvalue weighted by Gasteiger charge is -2.23. The van der Waals surface area contributed by atoms with Gasteiger partial charge in [-0.1, -0.05) is 24.3 Å². The molecule has 0 aliphatic carbocycles. The van der Waals surface area contributed by atoms with E-state index in [9.17, 15) is 0 Å². The molecule has 1 heterocycles. The number of ether oxygens (including phenoxy) is 1. The van der Waals surface area contributed by atoms with Gasteiger partial charge >= 0.3 is 0 Å². The molecule has 3 aromatic rings. The number of hydrogen-bond acceptors (Lipinski definition) is 3. The first kappa shape index (κ1) is 17.0. The number of rotatable bonds is 6. The van der Waals surface area contributed by atoms with Crippen LogP contribution in [0.2, 0.25) is 0 Å². The van der Waals surface area contributed by atoms with Crippen molar-refractivity contribution in [1.29, 1.82) is 0 Å². The summed E-state index contributed by atoms with van der Waals surface area (Å²) in [4.78, 5) is 1.96. The molecule has 0 aliphatic rings. The zero-order chi connectivity index (χ0) is 17.6. The summed E-state index contributed by atoms with van der Waals surface area (Å²) in [7, 11) is 1.66. The van der Waals surface area contributed by atoms with Crippen molar-refractivity contribution in [2.45, 2.75) is 13.1 Å². The van der Waals surface area contributed by atoms with Crippen molar-refractivity contribution in [3.05, 3.63) is 78.1 Å². The first-order chi connectivity index (χ1) is 12.2. The Morgan fingerprint density at radius 2 is 1.84 bits per heavy atom. The zero-order valence-corrected chi connectivity index (χ0v) is 14.8. The molecule has 0 radical (unpaired) electrons. The molecule has 0 saturated carbocycles. The van der Waals surface area contributed by atoms with E-state index < -0.39 is 0 Å². The number of nitrogens with zero attached hydrogens (tertiary/aromatic N) is 3. The minimum atomic E-state index is 0.368. The average molecular weight is 352 g/mol. The van der Waals surface area contributed by atoms with Crippen LogP contribution in [0.1, 0.15) is 11.1 Å². The molecule has 0 unspecified atom stereocenters. The van der Waals surface area contributed by atoms with E-state index in [0.717, 1.165) is 22.6 Å². The molecule has 0 spiro atoms. The van der Waals surface area contributed by atoms with E-state index in [1.165, 1.54) is 0 Å². The van der Waals surface area contributed by atoms with Gasteiger partial charge in [0.1, 0.15) is 5.75 Å². The second-order valence-corrected chi connectivity index (χ2v) is 6.08. The SMILES string of the molecule is COc1cccc(CN(Cc2cccc(-n3cccn3)c2)C(N)=S)c1. The number of hydrogen-bond donors (Lipinski definition) is 1. The molecule has 0 fully saturated rings. The smallest absolute Gasteiger partial charge is 0.166 e. The van der Waals surface area contributed by atoms with Crippen molar-refractivity contribution in [1.82, 2.24) is 14.7 Å². The van der Waals surface area contributed by atoms with E-state index in [1.54, 1.807) is 13.3 Å². The van der Waals surface area contributed by atoms with Gasteiger partial charge in [-0.3, -0.25) is 0 Å². The molecule has 1 aromatic heterocycles. The van der Waals surface area contributed by atoms with Gasteiger partial charge in [0.2, 0.25) is 0 Å².